The summed E-state index contributed by atoms with van der Waals surface area (Å²) in [5.74, 6) is 0.988. The number of para-hydroxylation sites is 1. The van der Waals surface area contributed by atoms with Gasteiger partial charge >= 0.3 is 0 Å². The van der Waals surface area contributed by atoms with Crippen molar-refractivity contribution in [2.45, 2.75) is 51.0 Å². The van der Waals surface area contributed by atoms with Crippen LogP contribution < -0.4 is 5.32 Å². The van der Waals surface area contributed by atoms with Gasteiger partial charge in [0.25, 0.3) is 0 Å². The summed E-state index contributed by atoms with van der Waals surface area (Å²) in [6.45, 7) is 2.29. The number of nitrogens with one attached hydrogen (secondary N) is 1. The minimum absolute atomic E-state index is 0.350. The molecule has 0 bridgehead atoms. The van der Waals surface area contributed by atoms with Gasteiger partial charge in [0.1, 0.15) is 0 Å². The number of rotatable bonds is 7. The molecule has 0 radical (unpaired) electrons. The third kappa shape index (κ3) is 3.99. The van der Waals surface area contributed by atoms with Gasteiger partial charge < -0.3 is 5.32 Å². The predicted molar refractivity (Wildman–Crippen MR) is 120 cm³/mol. The molecule has 4 rings (SSSR count). The van der Waals surface area contributed by atoms with Crippen molar-refractivity contribution in [3.63, 3.8) is 0 Å². The number of hydrogen-bond acceptors (Lipinski definition) is 1. The third-order valence-electron chi connectivity index (χ3n) is 6.17. The van der Waals surface area contributed by atoms with Gasteiger partial charge in [0.05, 0.1) is 6.04 Å². The number of anilines is 1. The van der Waals surface area contributed by atoms with E-state index in [0.717, 1.165) is 0 Å². The normalized spacial score (nSPS) is 21.0. The van der Waals surface area contributed by atoms with Crippen LogP contribution in [0.15, 0.2) is 84.9 Å². The molecule has 0 fully saturated rings. The van der Waals surface area contributed by atoms with E-state index in [-0.39, 0.29) is 0 Å². The molecule has 28 heavy (non-hydrogen) atoms. The first-order chi connectivity index (χ1) is 13.9. The Morgan fingerprint density at radius 2 is 1.32 bits per heavy atom. The predicted octanol–water partition coefficient (Wildman–Crippen LogP) is 7.57. The lowest BCUT2D eigenvalue weighted by Gasteiger charge is -2.41. The lowest BCUT2D eigenvalue weighted by molar-refractivity contribution is 0.352. The molecule has 0 aromatic heterocycles. The van der Waals surface area contributed by atoms with Crippen LogP contribution in [0.5, 0.6) is 0 Å². The minimum Gasteiger partial charge on any atom is -0.378 e. The van der Waals surface area contributed by atoms with Gasteiger partial charge in [-0.15, -0.1) is 0 Å². The second-order valence-electron chi connectivity index (χ2n) is 8.02. The Kier molecular flexibility index (Phi) is 6.11. The van der Waals surface area contributed by atoms with Gasteiger partial charge in [0.15, 0.2) is 0 Å². The van der Waals surface area contributed by atoms with Crippen LogP contribution in [0.2, 0.25) is 0 Å². The van der Waals surface area contributed by atoms with Gasteiger partial charge in [-0.05, 0) is 35.1 Å². The zero-order valence-electron chi connectivity index (χ0n) is 16.9. The van der Waals surface area contributed by atoms with Crippen LogP contribution in [-0.4, -0.2) is 0 Å². The molecule has 3 aromatic rings. The maximum atomic E-state index is 3.90. The molecule has 1 N–H and O–H groups in total. The van der Waals surface area contributed by atoms with E-state index in [9.17, 15) is 0 Å². The molecule has 1 nitrogen and oxygen atoms in total. The molecule has 0 unspecified atom stereocenters. The Bertz CT molecular complexity index is 856. The molecule has 0 saturated carbocycles. The second kappa shape index (κ2) is 9.10. The average molecular weight is 370 g/mol. The first-order valence-electron chi connectivity index (χ1n) is 10.8. The zero-order valence-corrected chi connectivity index (χ0v) is 16.9. The summed E-state index contributed by atoms with van der Waals surface area (Å²) in [5.41, 5.74) is 5.58. The molecule has 1 heteroatoms. The number of benzene rings is 3. The van der Waals surface area contributed by atoms with E-state index in [4.69, 9.17) is 0 Å². The highest BCUT2D eigenvalue weighted by Gasteiger charge is 2.37. The Labute approximate surface area is 169 Å². The summed E-state index contributed by atoms with van der Waals surface area (Å²) >= 11 is 0. The molecule has 1 aliphatic heterocycles. The summed E-state index contributed by atoms with van der Waals surface area (Å²) < 4.78 is 0. The topological polar surface area (TPSA) is 12.0 Å². The fraction of sp³-hybridized carbons (Fsp3) is 0.333. The van der Waals surface area contributed by atoms with Crippen LogP contribution in [-0.2, 0) is 0 Å². The first-order valence-corrected chi connectivity index (χ1v) is 10.8. The van der Waals surface area contributed by atoms with Gasteiger partial charge in [-0.1, -0.05) is 111 Å². The first kappa shape index (κ1) is 18.8. The number of unbranched alkanes of at least 4 members (excludes halogenated alkanes) is 3. The van der Waals surface area contributed by atoms with Gasteiger partial charge in [-0.3, -0.25) is 0 Å². The van der Waals surface area contributed by atoms with Crippen molar-refractivity contribution in [3.8, 4) is 0 Å². The van der Waals surface area contributed by atoms with E-state index >= 15 is 0 Å². The summed E-state index contributed by atoms with van der Waals surface area (Å²) in [4.78, 5) is 0. The molecular formula is C27H31N. The largest absolute Gasteiger partial charge is 0.378 e. The van der Waals surface area contributed by atoms with E-state index in [1.807, 2.05) is 0 Å². The van der Waals surface area contributed by atoms with E-state index in [2.05, 4.69) is 97.2 Å². The van der Waals surface area contributed by atoms with Crippen LogP contribution in [0.1, 0.15) is 67.7 Å². The summed E-state index contributed by atoms with van der Waals surface area (Å²) in [7, 11) is 0. The van der Waals surface area contributed by atoms with Crippen molar-refractivity contribution < 1.29 is 0 Å². The maximum absolute atomic E-state index is 3.90. The number of hydrogen-bond donors (Lipinski definition) is 1. The fourth-order valence-electron chi connectivity index (χ4n) is 4.82. The molecular weight excluding hydrogens is 338 g/mol. The van der Waals surface area contributed by atoms with Crippen molar-refractivity contribution in [1.29, 1.82) is 0 Å². The molecule has 1 heterocycles. The molecule has 0 spiro atoms. The fourth-order valence-corrected chi connectivity index (χ4v) is 4.82. The maximum Gasteiger partial charge on any atom is 0.0551 e. The molecule has 3 aromatic carbocycles. The SMILES string of the molecule is CCCCCC[C@@H]1[C@H](c2ccccc2)c2ccccc2N[C@@H]1c1ccccc1. The van der Waals surface area contributed by atoms with Gasteiger partial charge in [0.2, 0.25) is 0 Å². The molecule has 0 amide bonds. The molecule has 0 saturated heterocycles. The van der Waals surface area contributed by atoms with Crippen molar-refractivity contribution in [2.75, 3.05) is 5.32 Å². The van der Waals surface area contributed by atoms with E-state index in [1.54, 1.807) is 0 Å². The van der Waals surface area contributed by atoms with Gasteiger partial charge in [-0.2, -0.15) is 0 Å². The van der Waals surface area contributed by atoms with E-state index < -0.39 is 0 Å². The van der Waals surface area contributed by atoms with Crippen molar-refractivity contribution >= 4 is 5.69 Å². The van der Waals surface area contributed by atoms with Crippen molar-refractivity contribution in [3.05, 3.63) is 102 Å². The monoisotopic (exact) mass is 369 g/mol. The standard InChI is InChI=1S/C27H31N/c1-2-3-4-11-19-24-26(21-14-7-5-8-15-21)23-18-12-13-20-25(23)28-27(24)22-16-9-6-10-17-22/h5-10,12-18,20,24,26-28H,2-4,11,19H2,1H3/t24-,26-,27-/m1/s1. The van der Waals surface area contributed by atoms with Crippen molar-refractivity contribution in [2.24, 2.45) is 5.92 Å². The average Bonchev–Trinajstić information content (AvgIpc) is 2.77. The van der Waals surface area contributed by atoms with Crippen LogP contribution in [0.25, 0.3) is 0 Å². The molecule has 3 atom stereocenters. The van der Waals surface area contributed by atoms with E-state index in [0.29, 0.717) is 17.9 Å². The molecule has 0 aliphatic carbocycles. The smallest absolute Gasteiger partial charge is 0.0551 e. The minimum atomic E-state index is 0.350. The van der Waals surface area contributed by atoms with Crippen molar-refractivity contribution in [1.82, 2.24) is 0 Å². The van der Waals surface area contributed by atoms with Crippen LogP contribution >= 0.6 is 0 Å². The third-order valence-corrected chi connectivity index (χ3v) is 6.17. The highest BCUT2D eigenvalue weighted by Crippen LogP contribution is 2.49. The van der Waals surface area contributed by atoms with Crippen LogP contribution in [0.4, 0.5) is 5.69 Å². The highest BCUT2D eigenvalue weighted by atomic mass is 15.0. The zero-order chi connectivity index (χ0) is 19.2. The summed E-state index contributed by atoms with van der Waals surface area (Å²) in [6.07, 6.45) is 6.51. The molecule has 144 valence electrons. The number of fused-ring (bicyclic) bond motifs is 1. The second-order valence-corrected chi connectivity index (χ2v) is 8.02. The summed E-state index contributed by atoms with van der Waals surface area (Å²) in [6, 6.07) is 31.4. The lowest BCUT2D eigenvalue weighted by atomic mass is 9.70. The Morgan fingerprint density at radius 3 is 2.04 bits per heavy atom. The van der Waals surface area contributed by atoms with E-state index in [1.165, 1.54) is 54.5 Å². The van der Waals surface area contributed by atoms with Gasteiger partial charge in [0, 0.05) is 11.6 Å². The van der Waals surface area contributed by atoms with Gasteiger partial charge in [-0.25, -0.2) is 0 Å². The Hall–Kier alpha value is -2.54. The van der Waals surface area contributed by atoms with Crippen LogP contribution in [0.3, 0.4) is 0 Å². The van der Waals surface area contributed by atoms with Crippen LogP contribution in [0, 0.1) is 5.92 Å². The lowest BCUT2D eigenvalue weighted by Crippen LogP contribution is -2.32. The molecule has 1 aliphatic rings. The summed E-state index contributed by atoms with van der Waals surface area (Å²) in [5, 5.41) is 3.90. The Balaban J connectivity index is 1.76. The highest BCUT2D eigenvalue weighted by molar-refractivity contribution is 5.60. The quantitative estimate of drug-likeness (QED) is 0.423. The Morgan fingerprint density at radius 1 is 0.679 bits per heavy atom.